The van der Waals surface area contributed by atoms with E-state index in [0.717, 1.165) is 43.1 Å². The summed E-state index contributed by atoms with van der Waals surface area (Å²) in [4.78, 5) is 0. The average Bonchev–Trinajstić information content (AvgIpc) is 2.42. The van der Waals surface area contributed by atoms with Gasteiger partial charge in [0.25, 0.3) is 0 Å². The molecule has 0 amide bonds. The summed E-state index contributed by atoms with van der Waals surface area (Å²) < 4.78 is 17.0. The van der Waals surface area contributed by atoms with Crippen LogP contribution in [-0.4, -0.2) is 28.4 Å². The molecule has 1 aromatic rings. The molecule has 1 fully saturated rings. The summed E-state index contributed by atoms with van der Waals surface area (Å²) in [5.74, 6) is 2.71. The van der Waals surface area contributed by atoms with Crippen LogP contribution in [0, 0.1) is 0 Å². The molecule has 1 atom stereocenters. The summed E-state index contributed by atoms with van der Waals surface area (Å²) in [5, 5.41) is 3.72. The third kappa shape index (κ3) is 2.59. The quantitative estimate of drug-likeness (QED) is 0.889. The van der Waals surface area contributed by atoms with Crippen LogP contribution in [0.15, 0.2) is 24.3 Å². The molecule has 98 valence electrons. The molecule has 2 aliphatic heterocycles. The zero-order chi connectivity index (χ0) is 12.4. The van der Waals surface area contributed by atoms with Crippen LogP contribution in [0.3, 0.4) is 0 Å². The predicted octanol–water partition coefficient (Wildman–Crippen LogP) is 2.01. The number of hydrogen-bond donors (Lipinski definition) is 1. The Morgan fingerprint density at radius 3 is 2.78 bits per heavy atom. The Morgan fingerprint density at radius 1 is 1.17 bits per heavy atom. The van der Waals surface area contributed by atoms with Crippen molar-refractivity contribution < 1.29 is 8.95 Å². The van der Waals surface area contributed by atoms with Gasteiger partial charge in [-0.05, 0) is 18.9 Å². The zero-order valence-corrected chi connectivity index (χ0v) is 11.2. The fourth-order valence-corrected chi connectivity index (χ4v) is 4.06. The molecule has 0 spiro atoms. The summed E-state index contributed by atoms with van der Waals surface area (Å²) in [6.45, 7) is 0.785. The standard InChI is InChI=1S/C14H19NO2S/c16-18-9-6-11(7-10-18)15-13-5-8-17-14-4-2-1-3-12(13)14/h1-4,11,13,15H,5-10H2. The fourth-order valence-electron chi connectivity index (χ4n) is 2.76. The first kappa shape index (κ1) is 12.2. The van der Waals surface area contributed by atoms with Crippen molar-refractivity contribution in [3.63, 3.8) is 0 Å². The lowest BCUT2D eigenvalue weighted by atomic mass is 9.98. The SMILES string of the molecule is O=S1CCC(NC2CCOc3ccccc32)CC1. The summed E-state index contributed by atoms with van der Waals surface area (Å²) >= 11 is 0. The fraction of sp³-hybridized carbons (Fsp3) is 0.571. The minimum atomic E-state index is -0.577. The van der Waals surface area contributed by atoms with Gasteiger partial charge in [-0.3, -0.25) is 4.21 Å². The largest absolute Gasteiger partial charge is 0.493 e. The van der Waals surface area contributed by atoms with E-state index < -0.39 is 10.8 Å². The van der Waals surface area contributed by atoms with Crippen LogP contribution in [0.1, 0.15) is 30.9 Å². The maximum absolute atomic E-state index is 11.4. The highest BCUT2D eigenvalue weighted by molar-refractivity contribution is 7.85. The van der Waals surface area contributed by atoms with E-state index in [4.69, 9.17) is 4.74 Å². The van der Waals surface area contributed by atoms with Gasteiger partial charge in [-0.1, -0.05) is 18.2 Å². The van der Waals surface area contributed by atoms with Gasteiger partial charge < -0.3 is 10.1 Å². The highest BCUT2D eigenvalue weighted by Gasteiger charge is 2.25. The third-order valence-electron chi connectivity index (χ3n) is 3.78. The van der Waals surface area contributed by atoms with Gasteiger partial charge in [0.1, 0.15) is 5.75 Å². The topological polar surface area (TPSA) is 38.3 Å². The molecule has 0 aromatic heterocycles. The van der Waals surface area contributed by atoms with Crippen molar-refractivity contribution in [2.45, 2.75) is 31.3 Å². The molecular weight excluding hydrogens is 246 g/mol. The van der Waals surface area contributed by atoms with Crippen LogP contribution in [0.25, 0.3) is 0 Å². The molecule has 1 aromatic carbocycles. The second kappa shape index (κ2) is 5.41. The molecule has 18 heavy (non-hydrogen) atoms. The molecule has 2 aliphatic rings. The number of rotatable bonds is 2. The van der Waals surface area contributed by atoms with Gasteiger partial charge in [0.15, 0.2) is 0 Å². The summed E-state index contributed by atoms with van der Waals surface area (Å²) in [6, 6.07) is 9.18. The molecule has 0 aliphatic carbocycles. The normalized spacial score (nSPS) is 31.4. The highest BCUT2D eigenvalue weighted by atomic mass is 32.2. The van der Waals surface area contributed by atoms with E-state index in [9.17, 15) is 4.21 Å². The Morgan fingerprint density at radius 2 is 1.94 bits per heavy atom. The average molecular weight is 265 g/mol. The van der Waals surface area contributed by atoms with Crippen LogP contribution in [-0.2, 0) is 10.8 Å². The van der Waals surface area contributed by atoms with E-state index in [0.29, 0.717) is 12.1 Å². The number of nitrogens with one attached hydrogen (secondary N) is 1. The molecule has 3 nitrogen and oxygen atoms in total. The molecule has 1 N–H and O–H groups in total. The van der Waals surface area contributed by atoms with E-state index in [2.05, 4.69) is 17.4 Å². The van der Waals surface area contributed by atoms with E-state index in [1.807, 2.05) is 12.1 Å². The van der Waals surface area contributed by atoms with E-state index in [1.165, 1.54) is 5.56 Å². The van der Waals surface area contributed by atoms with Crippen LogP contribution in [0.2, 0.25) is 0 Å². The third-order valence-corrected chi connectivity index (χ3v) is 5.17. The number of hydrogen-bond acceptors (Lipinski definition) is 3. The zero-order valence-electron chi connectivity index (χ0n) is 10.4. The van der Waals surface area contributed by atoms with Crippen molar-refractivity contribution in [2.75, 3.05) is 18.1 Å². The van der Waals surface area contributed by atoms with Gasteiger partial charge in [-0.2, -0.15) is 0 Å². The van der Waals surface area contributed by atoms with Gasteiger partial charge in [0, 0.05) is 46.4 Å². The minimum Gasteiger partial charge on any atom is -0.493 e. The molecule has 0 saturated carbocycles. The second-order valence-electron chi connectivity index (χ2n) is 5.02. The molecule has 0 bridgehead atoms. The van der Waals surface area contributed by atoms with E-state index in [1.54, 1.807) is 0 Å². The first-order chi connectivity index (χ1) is 8.83. The van der Waals surface area contributed by atoms with Crippen LogP contribution >= 0.6 is 0 Å². The lowest BCUT2D eigenvalue weighted by molar-refractivity contribution is 0.241. The van der Waals surface area contributed by atoms with Gasteiger partial charge in [-0.25, -0.2) is 0 Å². The smallest absolute Gasteiger partial charge is 0.124 e. The molecule has 1 unspecified atom stereocenters. The first-order valence-corrected chi connectivity index (χ1v) is 8.14. The maximum Gasteiger partial charge on any atom is 0.124 e. The Bertz CT molecular complexity index is 439. The van der Waals surface area contributed by atoms with Gasteiger partial charge in [0.05, 0.1) is 6.61 Å². The van der Waals surface area contributed by atoms with E-state index in [-0.39, 0.29) is 0 Å². The van der Waals surface area contributed by atoms with E-state index >= 15 is 0 Å². The summed E-state index contributed by atoms with van der Waals surface area (Å²) in [5.41, 5.74) is 1.27. The van der Waals surface area contributed by atoms with Gasteiger partial charge in [-0.15, -0.1) is 0 Å². The van der Waals surface area contributed by atoms with Crippen LogP contribution < -0.4 is 10.1 Å². The first-order valence-electron chi connectivity index (χ1n) is 6.65. The second-order valence-corrected chi connectivity index (χ2v) is 6.71. The van der Waals surface area contributed by atoms with Gasteiger partial charge in [0.2, 0.25) is 0 Å². The molecule has 1 saturated heterocycles. The molecule has 3 rings (SSSR count). The molecule has 0 radical (unpaired) electrons. The Labute approximate surface area is 110 Å². The lowest BCUT2D eigenvalue weighted by Crippen LogP contribution is -2.39. The van der Waals surface area contributed by atoms with Crippen molar-refractivity contribution in [1.82, 2.24) is 5.32 Å². The van der Waals surface area contributed by atoms with Crippen molar-refractivity contribution in [1.29, 1.82) is 0 Å². The Balaban J connectivity index is 1.69. The van der Waals surface area contributed by atoms with Crippen molar-refractivity contribution >= 4 is 10.8 Å². The Hall–Kier alpha value is -0.870. The summed E-state index contributed by atoms with van der Waals surface area (Å²) in [7, 11) is -0.577. The highest BCUT2D eigenvalue weighted by Crippen LogP contribution is 2.32. The number of ether oxygens (including phenoxy) is 1. The molecule has 2 heterocycles. The minimum absolute atomic E-state index is 0.395. The summed E-state index contributed by atoms with van der Waals surface area (Å²) in [6.07, 6.45) is 3.09. The van der Waals surface area contributed by atoms with Crippen LogP contribution in [0.4, 0.5) is 0 Å². The van der Waals surface area contributed by atoms with Crippen molar-refractivity contribution in [3.05, 3.63) is 29.8 Å². The number of benzene rings is 1. The predicted molar refractivity (Wildman–Crippen MR) is 73.3 cm³/mol. The van der Waals surface area contributed by atoms with Crippen LogP contribution in [0.5, 0.6) is 5.75 Å². The molecule has 4 heteroatoms. The monoisotopic (exact) mass is 265 g/mol. The van der Waals surface area contributed by atoms with Gasteiger partial charge >= 0.3 is 0 Å². The van der Waals surface area contributed by atoms with Crippen molar-refractivity contribution in [2.24, 2.45) is 0 Å². The number of fused-ring (bicyclic) bond motifs is 1. The maximum atomic E-state index is 11.4. The van der Waals surface area contributed by atoms with Crippen molar-refractivity contribution in [3.8, 4) is 5.75 Å². The number of para-hydroxylation sites is 1. The molecular formula is C14H19NO2S. The Kier molecular flexibility index (Phi) is 3.66. The lowest BCUT2D eigenvalue weighted by Gasteiger charge is -2.32.